The molecule has 1 rings (SSSR count). The van der Waals surface area contributed by atoms with Crippen molar-refractivity contribution in [1.29, 1.82) is 0 Å². The van der Waals surface area contributed by atoms with Crippen LogP contribution in [-0.4, -0.2) is 31.6 Å². The first-order chi connectivity index (χ1) is 3.29. The summed E-state index contributed by atoms with van der Waals surface area (Å²) in [6.45, 7) is 0. The monoisotopic (exact) mass is 180 g/mol. The topological polar surface area (TPSA) is 29.4 Å². The van der Waals surface area contributed by atoms with Gasteiger partial charge in [-0.15, -0.1) is 0 Å². The molecule has 4 heteroatoms. The molecule has 0 saturated carbocycles. The molecular formula is C3H2NOSSe. The van der Waals surface area contributed by atoms with E-state index >= 15 is 0 Å². The number of carbonyl (C=O) groups excluding carboxylic acids is 1. The number of amides is 1. The van der Waals surface area contributed by atoms with E-state index in [4.69, 9.17) is 0 Å². The molecule has 0 unspecified atom stereocenters. The van der Waals surface area contributed by atoms with Crippen LogP contribution in [0.4, 0.5) is 0 Å². The summed E-state index contributed by atoms with van der Waals surface area (Å²) in [5.41, 5.74) is 0. The average molecular weight is 179 g/mol. The Labute approximate surface area is 53.6 Å². The first-order valence-corrected chi connectivity index (χ1v) is 3.54. The van der Waals surface area contributed by atoms with Crippen molar-refractivity contribution >= 4 is 37.6 Å². The molecule has 1 radical (unpaired) electrons. The van der Waals surface area contributed by atoms with Crippen molar-refractivity contribution in [3.8, 4) is 0 Å². The van der Waals surface area contributed by atoms with Crippen molar-refractivity contribution in [3.63, 3.8) is 0 Å². The fourth-order valence-electron chi connectivity index (χ4n) is 0.290. The Morgan fingerprint density at radius 1 is 1.86 bits per heavy atom. The predicted molar refractivity (Wildman–Crippen MR) is 30.7 cm³/mol. The Hall–Kier alpha value is 0.209. The predicted octanol–water partition coefficient (Wildman–Crippen LogP) is -0.216. The molecule has 0 fully saturated rings. The second-order valence-corrected chi connectivity index (χ2v) is 3.42. The molecule has 0 aliphatic carbocycles. The Kier molecular flexibility index (Phi) is 1.52. The minimum absolute atomic E-state index is 0.0289. The summed E-state index contributed by atoms with van der Waals surface area (Å²) in [5, 5.41) is 0. The van der Waals surface area contributed by atoms with Gasteiger partial charge in [-0.25, -0.2) is 0 Å². The zero-order valence-electron chi connectivity index (χ0n) is 3.38. The van der Waals surface area contributed by atoms with Crippen LogP contribution >= 0.6 is 11.8 Å². The van der Waals surface area contributed by atoms with Gasteiger partial charge in [0.1, 0.15) is 0 Å². The summed E-state index contributed by atoms with van der Waals surface area (Å²) >= 11 is 4.11. The van der Waals surface area contributed by atoms with Gasteiger partial charge in [-0.05, 0) is 0 Å². The molecule has 1 heterocycles. The van der Waals surface area contributed by atoms with Crippen LogP contribution in [-0.2, 0) is 4.79 Å². The Balaban J connectivity index is 2.67. The number of thioether (sulfide) groups is 1. The van der Waals surface area contributed by atoms with E-state index in [1.807, 2.05) is 0 Å². The van der Waals surface area contributed by atoms with E-state index < -0.39 is 0 Å². The second kappa shape index (κ2) is 1.99. The van der Waals surface area contributed by atoms with Crippen molar-refractivity contribution in [3.05, 3.63) is 0 Å². The van der Waals surface area contributed by atoms with Crippen molar-refractivity contribution in [2.45, 2.75) is 0 Å². The van der Waals surface area contributed by atoms with Gasteiger partial charge < -0.3 is 0 Å². The summed E-state index contributed by atoms with van der Waals surface area (Å²) in [6.07, 6.45) is 0. The van der Waals surface area contributed by atoms with Crippen LogP contribution in [0.1, 0.15) is 0 Å². The summed E-state index contributed by atoms with van der Waals surface area (Å²) in [6, 6.07) is 0. The maximum absolute atomic E-state index is 10.2. The van der Waals surface area contributed by atoms with E-state index in [0.717, 1.165) is 3.94 Å². The normalized spacial score (nSPS) is 20.0. The molecule has 0 atom stereocenters. The van der Waals surface area contributed by atoms with Gasteiger partial charge in [-0.2, -0.15) is 0 Å². The number of carbonyl (C=O) groups is 1. The Morgan fingerprint density at radius 2 is 2.57 bits per heavy atom. The minimum atomic E-state index is -0.0289. The molecule has 0 N–H and O–H groups in total. The number of rotatable bonds is 0. The van der Waals surface area contributed by atoms with Crippen LogP contribution in [0.3, 0.4) is 0 Å². The van der Waals surface area contributed by atoms with E-state index in [0.29, 0.717) is 5.75 Å². The van der Waals surface area contributed by atoms with Crippen LogP contribution in [0.2, 0.25) is 0 Å². The standard InChI is InChI=1S/C3H2NOSSe/c5-2-1-6-3(7)4-2/h1H2. The number of hydrogen-bond donors (Lipinski definition) is 0. The van der Waals surface area contributed by atoms with Crippen LogP contribution in [0.25, 0.3) is 0 Å². The molecule has 1 aliphatic heterocycles. The summed E-state index contributed by atoms with van der Waals surface area (Å²) in [5.74, 6) is 0.487. The molecule has 0 saturated heterocycles. The molecule has 1 amide bonds. The first kappa shape index (κ1) is 5.35. The third kappa shape index (κ3) is 1.30. The third-order valence-corrected chi connectivity index (χ3v) is 2.20. The second-order valence-electron chi connectivity index (χ2n) is 1.06. The summed E-state index contributed by atoms with van der Waals surface area (Å²) < 4.78 is 0.769. The third-order valence-electron chi connectivity index (χ3n) is 0.535. The van der Waals surface area contributed by atoms with Gasteiger partial charge in [-0.3, -0.25) is 0 Å². The summed E-state index contributed by atoms with van der Waals surface area (Å²) in [7, 11) is 0. The molecule has 1 aliphatic rings. The summed E-state index contributed by atoms with van der Waals surface area (Å²) in [4.78, 5) is 13.8. The molecule has 0 bridgehead atoms. The van der Waals surface area contributed by atoms with Crippen molar-refractivity contribution < 1.29 is 4.79 Å². The van der Waals surface area contributed by atoms with Gasteiger partial charge in [0.2, 0.25) is 0 Å². The van der Waals surface area contributed by atoms with E-state index in [-0.39, 0.29) is 5.91 Å². The van der Waals surface area contributed by atoms with Crippen LogP contribution in [0.15, 0.2) is 4.99 Å². The van der Waals surface area contributed by atoms with Gasteiger partial charge in [0, 0.05) is 0 Å². The quantitative estimate of drug-likeness (QED) is 0.481. The maximum atomic E-state index is 10.2. The SMILES string of the molecule is O=C1CSC([Se])=N1. The number of hydrogen-bond acceptors (Lipinski definition) is 2. The van der Waals surface area contributed by atoms with Gasteiger partial charge in [0.05, 0.1) is 0 Å². The van der Waals surface area contributed by atoms with Crippen molar-refractivity contribution in [2.24, 2.45) is 4.99 Å². The van der Waals surface area contributed by atoms with E-state index in [2.05, 4.69) is 21.0 Å². The molecule has 2 nitrogen and oxygen atoms in total. The van der Waals surface area contributed by atoms with Crippen LogP contribution in [0, 0.1) is 0 Å². The zero-order valence-corrected chi connectivity index (χ0v) is 5.91. The Morgan fingerprint density at radius 3 is 2.71 bits per heavy atom. The molecule has 0 aromatic rings. The van der Waals surface area contributed by atoms with Gasteiger partial charge >= 0.3 is 53.2 Å². The van der Waals surface area contributed by atoms with E-state index in [1.165, 1.54) is 11.8 Å². The first-order valence-electron chi connectivity index (χ1n) is 1.70. The number of aliphatic imine (C=N–C) groups is 1. The fourth-order valence-corrected chi connectivity index (χ4v) is 1.35. The molecule has 7 heavy (non-hydrogen) atoms. The van der Waals surface area contributed by atoms with E-state index in [1.54, 1.807) is 0 Å². The molecule has 0 spiro atoms. The molecule has 0 aromatic carbocycles. The Bertz CT molecular complexity index is 133. The van der Waals surface area contributed by atoms with Gasteiger partial charge in [0.15, 0.2) is 0 Å². The molecular weight excluding hydrogens is 177 g/mol. The van der Waals surface area contributed by atoms with Crippen molar-refractivity contribution in [1.82, 2.24) is 0 Å². The molecule has 0 aromatic heterocycles. The van der Waals surface area contributed by atoms with E-state index in [9.17, 15) is 4.79 Å². The van der Waals surface area contributed by atoms with Crippen LogP contribution < -0.4 is 0 Å². The fraction of sp³-hybridized carbons (Fsp3) is 0.333. The molecule has 37 valence electrons. The van der Waals surface area contributed by atoms with Gasteiger partial charge in [-0.1, -0.05) is 0 Å². The number of nitrogens with zero attached hydrogens (tertiary/aromatic N) is 1. The van der Waals surface area contributed by atoms with Crippen LogP contribution in [0.5, 0.6) is 0 Å². The average Bonchev–Trinajstić information content (AvgIpc) is 1.87. The van der Waals surface area contributed by atoms with Crippen molar-refractivity contribution in [2.75, 3.05) is 5.75 Å². The van der Waals surface area contributed by atoms with Gasteiger partial charge in [0.25, 0.3) is 0 Å². The zero-order chi connectivity index (χ0) is 5.28.